The number of hydrogen-bond donors (Lipinski definition) is 1. The monoisotopic (exact) mass is 340 g/mol. The Labute approximate surface area is 147 Å². The maximum absolute atomic E-state index is 12.1. The Morgan fingerprint density at radius 2 is 1.58 bits per heavy atom. The largest absolute Gasteiger partial charge is 0.481 e. The van der Waals surface area contributed by atoms with Gasteiger partial charge in [0.2, 0.25) is 0 Å². The molecule has 4 heteroatoms. The van der Waals surface area contributed by atoms with Crippen LogP contribution in [0.3, 0.4) is 0 Å². The van der Waals surface area contributed by atoms with E-state index in [1.165, 1.54) is 38.5 Å². The normalized spacial score (nSPS) is 22.1. The van der Waals surface area contributed by atoms with E-state index in [0.717, 1.165) is 31.6 Å². The molecular weight excluding hydrogens is 304 g/mol. The van der Waals surface area contributed by atoms with E-state index in [2.05, 4.69) is 13.8 Å². The van der Waals surface area contributed by atoms with Gasteiger partial charge in [0.1, 0.15) is 0 Å². The van der Waals surface area contributed by atoms with Crippen molar-refractivity contribution in [2.45, 2.75) is 90.9 Å². The zero-order valence-corrected chi connectivity index (χ0v) is 15.6. The fraction of sp³-hybridized carbons (Fsp3) is 0.900. The molecule has 140 valence electrons. The highest BCUT2D eigenvalue weighted by atomic mass is 16.5. The van der Waals surface area contributed by atoms with Gasteiger partial charge < -0.3 is 9.84 Å². The molecule has 0 aromatic heterocycles. The fourth-order valence-electron chi connectivity index (χ4n) is 3.49. The first-order valence-electron chi connectivity index (χ1n) is 9.95. The highest BCUT2D eigenvalue weighted by Crippen LogP contribution is 2.31. The van der Waals surface area contributed by atoms with Crippen LogP contribution in [0.4, 0.5) is 0 Å². The molecule has 1 fully saturated rings. The minimum atomic E-state index is -0.853. The Kier molecular flexibility index (Phi) is 10.8. The fourth-order valence-corrected chi connectivity index (χ4v) is 3.49. The van der Waals surface area contributed by atoms with Crippen molar-refractivity contribution in [2.24, 2.45) is 17.8 Å². The second kappa shape index (κ2) is 12.3. The Hall–Kier alpha value is -1.06. The van der Waals surface area contributed by atoms with E-state index in [-0.39, 0.29) is 5.97 Å². The lowest BCUT2D eigenvalue weighted by Gasteiger charge is -2.26. The number of ether oxygens (including phenoxy) is 1. The predicted molar refractivity (Wildman–Crippen MR) is 95.8 cm³/mol. The summed E-state index contributed by atoms with van der Waals surface area (Å²) in [5.74, 6) is -1.28. The topological polar surface area (TPSA) is 63.6 Å². The van der Waals surface area contributed by atoms with Crippen molar-refractivity contribution < 1.29 is 19.4 Å². The van der Waals surface area contributed by atoms with E-state index in [4.69, 9.17) is 4.74 Å². The average molecular weight is 341 g/mol. The lowest BCUT2D eigenvalue weighted by atomic mass is 9.79. The van der Waals surface area contributed by atoms with Gasteiger partial charge in [0, 0.05) is 0 Å². The number of carboxylic acid groups (broad SMARTS) is 1. The maximum atomic E-state index is 12.1. The molecule has 1 aliphatic rings. The van der Waals surface area contributed by atoms with E-state index < -0.39 is 17.8 Å². The second-order valence-corrected chi connectivity index (χ2v) is 7.43. The molecule has 0 bridgehead atoms. The summed E-state index contributed by atoms with van der Waals surface area (Å²) in [6.07, 6.45) is 12.7. The van der Waals surface area contributed by atoms with E-state index in [0.29, 0.717) is 19.4 Å². The summed E-state index contributed by atoms with van der Waals surface area (Å²) >= 11 is 0. The molecule has 0 spiro atoms. The third-order valence-corrected chi connectivity index (χ3v) is 5.42. The first-order chi connectivity index (χ1) is 11.6. The number of esters is 1. The summed E-state index contributed by atoms with van der Waals surface area (Å²) in [6, 6.07) is 0. The molecule has 4 nitrogen and oxygen atoms in total. The van der Waals surface area contributed by atoms with Crippen molar-refractivity contribution >= 4 is 11.9 Å². The SMILES string of the molecule is CCC(C)CCCCCCCCOC(=O)C1CCCCC1C(=O)O. The average Bonchev–Trinajstić information content (AvgIpc) is 2.59. The summed E-state index contributed by atoms with van der Waals surface area (Å²) in [6.45, 7) is 5.00. The van der Waals surface area contributed by atoms with E-state index in [1.807, 2.05) is 0 Å². The van der Waals surface area contributed by atoms with E-state index in [1.54, 1.807) is 0 Å². The standard InChI is InChI=1S/C20H36O4/c1-3-16(2)12-8-6-4-5-7-11-15-24-20(23)18-14-10-9-13-17(18)19(21)22/h16-18H,3-15H2,1-2H3,(H,21,22). The zero-order chi connectivity index (χ0) is 17.8. The van der Waals surface area contributed by atoms with Crippen LogP contribution in [0.2, 0.25) is 0 Å². The quantitative estimate of drug-likeness (QED) is 0.392. The van der Waals surface area contributed by atoms with Crippen molar-refractivity contribution in [2.75, 3.05) is 6.61 Å². The van der Waals surface area contributed by atoms with Crippen molar-refractivity contribution in [3.63, 3.8) is 0 Å². The zero-order valence-electron chi connectivity index (χ0n) is 15.6. The Morgan fingerprint density at radius 1 is 1.00 bits per heavy atom. The molecule has 0 amide bonds. The maximum Gasteiger partial charge on any atom is 0.309 e. The summed E-state index contributed by atoms with van der Waals surface area (Å²) in [5.41, 5.74) is 0. The number of hydrogen-bond acceptors (Lipinski definition) is 3. The van der Waals surface area contributed by atoms with Crippen molar-refractivity contribution in [1.29, 1.82) is 0 Å². The molecule has 3 atom stereocenters. The molecule has 0 heterocycles. The minimum absolute atomic E-state index is 0.296. The van der Waals surface area contributed by atoms with Crippen molar-refractivity contribution in [3.05, 3.63) is 0 Å². The Balaban J connectivity index is 2.04. The van der Waals surface area contributed by atoms with Crippen LogP contribution in [0, 0.1) is 17.8 Å². The van der Waals surface area contributed by atoms with Crippen molar-refractivity contribution in [1.82, 2.24) is 0 Å². The second-order valence-electron chi connectivity index (χ2n) is 7.43. The van der Waals surface area contributed by atoms with Crippen LogP contribution in [0.25, 0.3) is 0 Å². The minimum Gasteiger partial charge on any atom is -0.481 e. The van der Waals surface area contributed by atoms with Gasteiger partial charge in [0.25, 0.3) is 0 Å². The summed E-state index contributed by atoms with van der Waals surface area (Å²) < 4.78 is 5.33. The first kappa shape index (κ1) is 21.0. The van der Waals surface area contributed by atoms with Crippen LogP contribution < -0.4 is 0 Å². The molecule has 0 aromatic rings. The molecule has 1 saturated carbocycles. The summed E-state index contributed by atoms with van der Waals surface area (Å²) in [7, 11) is 0. The van der Waals surface area contributed by atoms with Gasteiger partial charge in [-0.05, 0) is 25.2 Å². The van der Waals surface area contributed by atoms with Gasteiger partial charge in [-0.15, -0.1) is 0 Å². The Bertz CT molecular complexity index is 367. The van der Waals surface area contributed by atoms with Gasteiger partial charge in [0.15, 0.2) is 0 Å². The summed E-state index contributed by atoms with van der Waals surface area (Å²) in [5, 5.41) is 9.21. The van der Waals surface area contributed by atoms with Crippen molar-refractivity contribution in [3.8, 4) is 0 Å². The number of aliphatic carboxylic acids is 1. The molecule has 1 N–H and O–H groups in total. The predicted octanol–water partition coefficient (Wildman–Crippen LogP) is 5.20. The molecule has 0 aliphatic heterocycles. The van der Waals surface area contributed by atoms with Gasteiger partial charge >= 0.3 is 11.9 Å². The molecule has 1 aliphatic carbocycles. The van der Waals surface area contributed by atoms with E-state index in [9.17, 15) is 14.7 Å². The third-order valence-electron chi connectivity index (χ3n) is 5.42. The lowest BCUT2D eigenvalue weighted by molar-refractivity contribution is -0.159. The number of carboxylic acids is 1. The van der Waals surface area contributed by atoms with Gasteiger partial charge in [-0.3, -0.25) is 9.59 Å². The molecular formula is C20H36O4. The van der Waals surface area contributed by atoms with Gasteiger partial charge in [0.05, 0.1) is 18.4 Å². The molecule has 0 radical (unpaired) electrons. The number of unbranched alkanes of at least 4 members (excludes halogenated alkanes) is 5. The molecule has 1 rings (SSSR count). The molecule has 0 saturated heterocycles. The first-order valence-corrected chi connectivity index (χ1v) is 9.95. The number of rotatable bonds is 12. The smallest absolute Gasteiger partial charge is 0.309 e. The molecule has 3 unspecified atom stereocenters. The van der Waals surface area contributed by atoms with Gasteiger partial charge in [-0.25, -0.2) is 0 Å². The van der Waals surface area contributed by atoms with Gasteiger partial charge in [-0.2, -0.15) is 0 Å². The lowest BCUT2D eigenvalue weighted by Crippen LogP contribution is -2.33. The van der Waals surface area contributed by atoms with E-state index >= 15 is 0 Å². The number of carbonyl (C=O) groups excluding carboxylic acids is 1. The highest BCUT2D eigenvalue weighted by molar-refractivity contribution is 5.81. The third kappa shape index (κ3) is 8.16. The van der Waals surface area contributed by atoms with Crippen LogP contribution >= 0.6 is 0 Å². The highest BCUT2D eigenvalue weighted by Gasteiger charge is 2.36. The van der Waals surface area contributed by atoms with Crippen LogP contribution in [-0.4, -0.2) is 23.7 Å². The van der Waals surface area contributed by atoms with Crippen LogP contribution in [0.15, 0.2) is 0 Å². The molecule has 24 heavy (non-hydrogen) atoms. The van der Waals surface area contributed by atoms with Crippen LogP contribution in [-0.2, 0) is 14.3 Å². The van der Waals surface area contributed by atoms with Crippen LogP contribution in [0.5, 0.6) is 0 Å². The molecule has 0 aromatic carbocycles. The Morgan fingerprint density at radius 3 is 2.21 bits per heavy atom. The van der Waals surface area contributed by atoms with Gasteiger partial charge in [-0.1, -0.05) is 71.6 Å². The van der Waals surface area contributed by atoms with Crippen LogP contribution in [0.1, 0.15) is 90.9 Å². The summed E-state index contributed by atoms with van der Waals surface area (Å²) in [4.78, 5) is 23.3. The number of carbonyl (C=O) groups is 2.